The van der Waals surface area contributed by atoms with Crippen LogP contribution in [0.4, 0.5) is 4.39 Å². The van der Waals surface area contributed by atoms with Gasteiger partial charge in [-0.1, -0.05) is 12.1 Å². The lowest BCUT2D eigenvalue weighted by Crippen LogP contribution is -2.22. The van der Waals surface area contributed by atoms with Crippen LogP contribution in [0.25, 0.3) is 11.0 Å². The average Bonchev–Trinajstić information content (AvgIpc) is 2.98. The molecule has 0 bridgehead atoms. The van der Waals surface area contributed by atoms with Gasteiger partial charge in [0.1, 0.15) is 6.54 Å². The summed E-state index contributed by atoms with van der Waals surface area (Å²) in [6, 6.07) is 11.9. The third-order valence-electron chi connectivity index (χ3n) is 3.42. The summed E-state index contributed by atoms with van der Waals surface area (Å²) in [7, 11) is 1.40. The van der Waals surface area contributed by atoms with Crippen LogP contribution in [0.5, 0.6) is 5.75 Å². The van der Waals surface area contributed by atoms with Gasteiger partial charge in [0, 0.05) is 0 Å². The number of rotatable bonds is 5. The smallest absolute Gasteiger partial charge is 0.260 e. The summed E-state index contributed by atoms with van der Waals surface area (Å²) in [5, 5.41) is 3.83. The number of carbonyl (C=O) groups excluding carboxylic acids is 1. The molecule has 7 heteroatoms. The number of hydrazone groups is 1. The molecular weight excluding hydrogens is 311 g/mol. The zero-order valence-electron chi connectivity index (χ0n) is 12.9. The van der Waals surface area contributed by atoms with E-state index in [0.717, 1.165) is 11.0 Å². The minimum absolute atomic E-state index is 0.0921. The van der Waals surface area contributed by atoms with Crippen LogP contribution in [0.3, 0.4) is 0 Å². The van der Waals surface area contributed by atoms with E-state index in [4.69, 9.17) is 4.74 Å². The predicted octanol–water partition coefficient (Wildman–Crippen LogP) is 2.33. The Morgan fingerprint density at radius 3 is 3.00 bits per heavy atom. The number of para-hydroxylation sites is 2. The number of hydrogen-bond acceptors (Lipinski definition) is 4. The van der Waals surface area contributed by atoms with Crippen molar-refractivity contribution in [2.75, 3.05) is 7.11 Å². The second kappa shape index (κ2) is 6.91. The van der Waals surface area contributed by atoms with Crippen LogP contribution in [-0.2, 0) is 11.3 Å². The maximum atomic E-state index is 13.6. The van der Waals surface area contributed by atoms with E-state index in [9.17, 15) is 9.18 Å². The minimum atomic E-state index is -0.488. The van der Waals surface area contributed by atoms with Gasteiger partial charge in [-0.25, -0.2) is 14.8 Å². The SMILES string of the molecule is COc1ccc(/C=N\NC(=O)Cn2cnc3ccccc32)cc1F. The van der Waals surface area contributed by atoms with Crippen LogP contribution in [0.2, 0.25) is 0 Å². The summed E-state index contributed by atoms with van der Waals surface area (Å²) in [6.45, 7) is 0.0921. The van der Waals surface area contributed by atoms with Crippen LogP contribution >= 0.6 is 0 Å². The number of nitrogens with one attached hydrogen (secondary N) is 1. The molecule has 3 aromatic rings. The number of amides is 1. The fraction of sp³-hybridized carbons (Fsp3) is 0.118. The average molecular weight is 326 g/mol. The van der Waals surface area contributed by atoms with E-state index in [1.165, 1.54) is 25.5 Å². The van der Waals surface area contributed by atoms with E-state index in [1.54, 1.807) is 17.0 Å². The van der Waals surface area contributed by atoms with Crippen molar-refractivity contribution >= 4 is 23.2 Å². The molecule has 3 rings (SSSR count). The van der Waals surface area contributed by atoms with Crippen LogP contribution in [0.1, 0.15) is 5.56 Å². The van der Waals surface area contributed by atoms with E-state index in [1.807, 2.05) is 24.3 Å². The highest BCUT2D eigenvalue weighted by molar-refractivity contribution is 5.83. The Morgan fingerprint density at radius 2 is 2.21 bits per heavy atom. The Balaban J connectivity index is 1.62. The Labute approximate surface area is 137 Å². The standard InChI is InChI=1S/C17H15FN4O2/c1-24-16-7-6-12(8-13(16)18)9-20-21-17(23)10-22-11-19-14-4-2-3-5-15(14)22/h2-9,11H,10H2,1H3,(H,21,23)/b20-9-. The molecule has 1 heterocycles. The highest BCUT2D eigenvalue weighted by Gasteiger charge is 2.06. The van der Waals surface area contributed by atoms with Crippen molar-refractivity contribution in [2.24, 2.45) is 5.10 Å². The van der Waals surface area contributed by atoms with Crippen LogP contribution in [-0.4, -0.2) is 28.8 Å². The van der Waals surface area contributed by atoms with Gasteiger partial charge in [-0.15, -0.1) is 0 Å². The summed E-state index contributed by atoms with van der Waals surface area (Å²) in [4.78, 5) is 16.2. The first-order valence-electron chi connectivity index (χ1n) is 7.22. The molecule has 0 saturated carbocycles. The number of fused-ring (bicyclic) bond motifs is 1. The van der Waals surface area contributed by atoms with Crippen LogP contribution in [0.15, 0.2) is 53.9 Å². The molecule has 0 aliphatic heterocycles. The largest absolute Gasteiger partial charge is 0.494 e. The summed E-state index contributed by atoms with van der Waals surface area (Å²) in [5.41, 5.74) is 4.62. The van der Waals surface area contributed by atoms with Crippen molar-refractivity contribution in [3.8, 4) is 5.75 Å². The van der Waals surface area contributed by atoms with Gasteiger partial charge in [-0.2, -0.15) is 5.10 Å². The fourth-order valence-corrected chi connectivity index (χ4v) is 2.27. The van der Waals surface area contributed by atoms with E-state index >= 15 is 0 Å². The molecule has 0 spiro atoms. The number of hydrogen-bond donors (Lipinski definition) is 1. The molecule has 0 atom stereocenters. The maximum absolute atomic E-state index is 13.6. The molecule has 0 aliphatic carbocycles. The van der Waals surface area contributed by atoms with Gasteiger partial charge < -0.3 is 9.30 Å². The molecule has 2 aromatic carbocycles. The quantitative estimate of drug-likeness (QED) is 0.578. The minimum Gasteiger partial charge on any atom is -0.494 e. The van der Waals surface area contributed by atoms with Crippen molar-refractivity contribution in [1.29, 1.82) is 0 Å². The van der Waals surface area contributed by atoms with Gasteiger partial charge in [0.15, 0.2) is 11.6 Å². The van der Waals surface area contributed by atoms with E-state index < -0.39 is 5.82 Å². The molecule has 0 unspecified atom stereocenters. The third-order valence-corrected chi connectivity index (χ3v) is 3.42. The molecule has 0 saturated heterocycles. The summed E-state index contributed by atoms with van der Waals surface area (Å²) in [5.74, 6) is -0.635. The molecule has 0 fully saturated rings. The Hall–Kier alpha value is -3.22. The molecule has 0 aliphatic rings. The Kier molecular flexibility index (Phi) is 4.51. The van der Waals surface area contributed by atoms with Crippen molar-refractivity contribution in [3.05, 3.63) is 60.2 Å². The number of nitrogens with zero attached hydrogens (tertiary/aromatic N) is 3. The first-order chi connectivity index (χ1) is 11.7. The highest BCUT2D eigenvalue weighted by Crippen LogP contribution is 2.16. The second-order valence-corrected chi connectivity index (χ2v) is 5.05. The molecule has 1 aromatic heterocycles. The summed E-state index contributed by atoms with van der Waals surface area (Å²) in [6.07, 6.45) is 2.97. The number of imidazole rings is 1. The second-order valence-electron chi connectivity index (χ2n) is 5.05. The lowest BCUT2D eigenvalue weighted by atomic mass is 10.2. The molecule has 0 radical (unpaired) electrons. The van der Waals surface area contributed by atoms with Crippen LogP contribution in [0, 0.1) is 5.82 Å². The Morgan fingerprint density at radius 1 is 1.38 bits per heavy atom. The molecule has 6 nitrogen and oxygen atoms in total. The first kappa shape index (κ1) is 15.7. The van der Waals surface area contributed by atoms with Gasteiger partial charge in [0.25, 0.3) is 5.91 Å². The normalized spacial score (nSPS) is 11.1. The van der Waals surface area contributed by atoms with Crippen molar-refractivity contribution in [3.63, 3.8) is 0 Å². The third kappa shape index (κ3) is 3.40. The van der Waals surface area contributed by atoms with Gasteiger partial charge in [0.05, 0.1) is 30.7 Å². The van der Waals surface area contributed by atoms with Gasteiger partial charge in [-0.3, -0.25) is 4.79 Å². The Bertz CT molecular complexity index is 904. The zero-order chi connectivity index (χ0) is 16.9. The summed E-state index contributed by atoms with van der Waals surface area (Å²) >= 11 is 0. The van der Waals surface area contributed by atoms with E-state index in [-0.39, 0.29) is 18.2 Å². The topological polar surface area (TPSA) is 68.5 Å². The molecular formula is C17H15FN4O2. The number of methoxy groups -OCH3 is 1. The van der Waals surface area contributed by atoms with Gasteiger partial charge in [0.2, 0.25) is 0 Å². The highest BCUT2D eigenvalue weighted by atomic mass is 19.1. The molecule has 1 N–H and O–H groups in total. The number of carbonyl (C=O) groups is 1. The van der Waals surface area contributed by atoms with Crippen LogP contribution < -0.4 is 10.2 Å². The van der Waals surface area contributed by atoms with Crippen molar-refractivity contribution in [2.45, 2.75) is 6.54 Å². The van der Waals surface area contributed by atoms with Crippen molar-refractivity contribution in [1.82, 2.24) is 15.0 Å². The number of ether oxygens (including phenoxy) is 1. The number of benzene rings is 2. The van der Waals surface area contributed by atoms with Gasteiger partial charge >= 0.3 is 0 Å². The van der Waals surface area contributed by atoms with Crippen molar-refractivity contribution < 1.29 is 13.9 Å². The fourth-order valence-electron chi connectivity index (χ4n) is 2.27. The zero-order valence-corrected chi connectivity index (χ0v) is 12.9. The maximum Gasteiger partial charge on any atom is 0.260 e. The van der Waals surface area contributed by atoms with E-state index in [0.29, 0.717) is 5.56 Å². The number of halogens is 1. The molecule has 122 valence electrons. The first-order valence-corrected chi connectivity index (χ1v) is 7.22. The number of aromatic nitrogens is 2. The van der Waals surface area contributed by atoms with E-state index in [2.05, 4.69) is 15.5 Å². The molecule has 24 heavy (non-hydrogen) atoms. The lowest BCUT2D eigenvalue weighted by Gasteiger charge is -2.03. The summed E-state index contributed by atoms with van der Waals surface area (Å²) < 4.78 is 20.1. The predicted molar refractivity (Wildman–Crippen MR) is 88.4 cm³/mol. The lowest BCUT2D eigenvalue weighted by molar-refractivity contribution is -0.121. The monoisotopic (exact) mass is 326 g/mol. The molecule has 1 amide bonds. The van der Waals surface area contributed by atoms with Gasteiger partial charge in [-0.05, 0) is 35.9 Å².